The van der Waals surface area contributed by atoms with Gasteiger partial charge in [0.25, 0.3) is 5.91 Å². The quantitative estimate of drug-likeness (QED) is 0.846. The highest BCUT2D eigenvalue weighted by Crippen LogP contribution is 2.25. The normalized spacial score (nSPS) is 17.3. The summed E-state index contributed by atoms with van der Waals surface area (Å²) < 4.78 is 29.2. The molecule has 1 amide bonds. The third kappa shape index (κ3) is 4.93. The summed E-state index contributed by atoms with van der Waals surface area (Å²) in [5.74, 6) is -0.250. The molecule has 3 rings (SSSR count). The summed E-state index contributed by atoms with van der Waals surface area (Å²) in [4.78, 5) is 16.1. The number of hydrogen-bond donors (Lipinski definition) is 1. The van der Waals surface area contributed by atoms with Gasteiger partial charge >= 0.3 is 0 Å². The Bertz CT molecular complexity index is 731. The van der Waals surface area contributed by atoms with Crippen LogP contribution in [0.25, 0.3) is 0 Å². The fourth-order valence-corrected chi connectivity index (χ4v) is 2.70. The molecule has 2 aromatic rings. The molecule has 1 fully saturated rings. The van der Waals surface area contributed by atoms with Crippen LogP contribution in [0.1, 0.15) is 35.6 Å². The predicted octanol–water partition coefficient (Wildman–Crippen LogP) is 3.35. The van der Waals surface area contributed by atoms with Crippen molar-refractivity contribution in [3.05, 3.63) is 46.9 Å². The summed E-state index contributed by atoms with van der Waals surface area (Å²) in [5.41, 5.74) is 0.166. The van der Waals surface area contributed by atoms with Gasteiger partial charge in [-0.3, -0.25) is 4.79 Å². The number of benzene rings is 1. The molecule has 1 N–H and O–H groups in total. The van der Waals surface area contributed by atoms with E-state index in [0.29, 0.717) is 12.3 Å². The smallest absolute Gasteiger partial charge is 0.273 e. The van der Waals surface area contributed by atoms with E-state index in [2.05, 4.69) is 10.3 Å². The average molecular weight is 369 g/mol. The van der Waals surface area contributed by atoms with Crippen LogP contribution in [0.3, 0.4) is 0 Å². The maximum Gasteiger partial charge on any atom is 0.273 e. The van der Waals surface area contributed by atoms with E-state index >= 15 is 0 Å². The van der Waals surface area contributed by atoms with Crippen molar-refractivity contribution in [1.29, 1.82) is 0 Å². The topological polar surface area (TPSA) is 73.6 Å². The van der Waals surface area contributed by atoms with Crippen LogP contribution in [0.5, 0.6) is 5.75 Å². The molecule has 0 saturated carbocycles. The van der Waals surface area contributed by atoms with Crippen LogP contribution in [-0.4, -0.2) is 30.1 Å². The molecule has 0 aliphatic carbocycles. The number of carbonyl (C=O) groups is 1. The van der Waals surface area contributed by atoms with Crippen LogP contribution in [0.2, 0.25) is 5.02 Å². The van der Waals surface area contributed by atoms with Gasteiger partial charge in [-0.1, -0.05) is 11.6 Å². The lowest BCUT2D eigenvalue weighted by atomic mass is 10.1. The van der Waals surface area contributed by atoms with Gasteiger partial charge in [0.05, 0.1) is 11.1 Å². The fourth-order valence-electron chi connectivity index (χ4n) is 2.48. The number of amides is 1. The van der Waals surface area contributed by atoms with Gasteiger partial charge in [0, 0.05) is 13.2 Å². The zero-order valence-electron chi connectivity index (χ0n) is 13.5. The van der Waals surface area contributed by atoms with E-state index < -0.39 is 5.82 Å². The Morgan fingerprint density at radius 1 is 1.44 bits per heavy atom. The number of hydrogen-bond acceptors (Lipinski definition) is 5. The standard InChI is InChI=1S/C17H18ClFN2O4/c18-13-7-11(19)4-5-15(13)24-10-16-21-14(9-25-16)17(22)20-8-12-3-1-2-6-23-12/h4-5,7,9,12H,1-3,6,8,10H2,(H,20,22). The zero-order valence-corrected chi connectivity index (χ0v) is 14.2. The first-order chi connectivity index (χ1) is 12.1. The van der Waals surface area contributed by atoms with E-state index in [4.69, 9.17) is 25.5 Å². The number of ether oxygens (including phenoxy) is 2. The minimum absolute atomic E-state index is 0.0234. The first-order valence-electron chi connectivity index (χ1n) is 8.04. The summed E-state index contributed by atoms with van der Waals surface area (Å²) in [6, 6.07) is 3.81. The number of aromatic nitrogens is 1. The molecule has 0 radical (unpaired) electrons. The Morgan fingerprint density at radius 3 is 3.08 bits per heavy atom. The van der Waals surface area contributed by atoms with Gasteiger partial charge in [0.2, 0.25) is 5.89 Å². The van der Waals surface area contributed by atoms with Crippen molar-refractivity contribution < 1.29 is 23.1 Å². The maximum atomic E-state index is 13.0. The SMILES string of the molecule is O=C(NCC1CCCCO1)c1coc(COc2ccc(F)cc2Cl)n1. The Morgan fingerprint density at radius 2 is 2.32 bits per heavy atom. The number of nitrogens with one attached hydrogen (secondary N) is 1. The number of halogens is 2. The van der Waals surface area contributed by atoms with Crippen LogP contribution >= 0.6 is 11.6 Å². The van der Waals surface area contributed by atoms with Crippen molar-refractivity contribution >= 4 is 17.5 Å². The minimum atomic E-state index is -0.450. The maximum absolute atomic E-state index is 13.0. The van der Waals surface area contributed by atoms with Gasteiger partial charge in [0.15, 0.2) is 12.3 Å². The highest BCUT2D eigenvalue weighted by molar-refractivity contribution is 6.32. The second kappa shape index (κ2) is 8.31. The van der Waals surface area contributed by atoms with Crippen molar-refractivity contribution in [1.82, 2.24) is 10.3 Å². The van der Waals surface area contributed by atoms with Crippen LogP contribution in [0.15, 0.2) is 28.9 Å². The molecule has 1 aromatic carbocycles. The molecule has 6 nitrogen and oxygen atoms in total. The zero-order chi connectivity index (χ0) is 17.6. The molecular weight excluding hydrogens is 351 g/mol. The summed E-state index contributed by atoms with van der Waals surface area (Å²) in [6.07, 6.45) is 4.43. The molecule has 1 saturated heterocycles. The van der Waals surface area contributed by atoms with Crippen molar-refractivity contribution in [3.63, 3.8) is 0 Å². The molecule has 0 spiro atoms. The minimum Gasteiger partial charge on any atom is -0.482 e. The highest BCUT2D eigenvalue weighted by atomic mass is 35.5. The third-order valence-electron chi connectivity index (χ3n) is 3.79. The Labute approximate surface area is 149 Å². The number of carbonyl (C=O) groups excluding carboxylic acids is 1. The molecule has 134 valence electrons. The predicted molar refractivity (Wildman–Crippen MR) is 88.2 cm³/mol. The Hall–Kier alpha value is -2.12. The largest absolute Gasteiger partial charge is 0.482 e. The molecule has 1 aliphatic heterocycles. The van der Waals surface area contributed by atoms with Gasteiger partial charge in [-0.15, -0.1) is 0 Å². The van der Waals surface area contributed by atoms with Gasteiger partial charge < -0.3 is 19.2 Å². The van der Waals surface area contributed by atoms with Gasteiger partial charge in [-0.2, -0.15) is 0 Å². The Kier molecular flexibility index (Phi) is 5.88. The summed E-state index contributed by atoms with van der Waals surface area (Å²) in [6.45, 7) is 1.16. The Balaban J connectivity index is 1.50. The van der Waals surface area contributed by atoms with E-state index in [0.717, 1.165) is 31.9 Å². The summed E-state index contributed by atoms with van der Waals surface area (Å²) >= 11 is 5.87. The molecule has 1 aromatic heterocycles. The van der Waals surface area contributed by atoms with Crippen LogP contribution in [0, 0.1) is 5.82 Å². The summed E-state index contributed by atoms with van der Waals surface area (Å²) in [5, 5.41) is 2.93. The lowest BCUT2D eigenvalue weighted by molar-refractivity contribution is 0.0168. The number of rotatable bonds is 6. The molecule has 1 aliphatic rings. The number of oxazole rings is 1. The molecule has 0 bridgehead atoms. The van der Waals surface area contributed by atoms with E-state index in [9.17, 15) is 9.18 Å². The third-order valence-corrected chi connectivity index (χ3v) is 4.09. The van der Waals surface area contributed by atoms with E-state index in [1.807, 2.05) is 0 Å². The molecule has 1 unspecified atom stereocenters. The van der Waals surface area contributed by atoms with E-state index in [1.165, 1.54) is 18.4 Å². The molecular formula is C17H18ClFN2O4. The van der Waals surface area contributed by atoms with Gasteiger partial charge in [-0.25, -0.2) is 9.37 Å². The number of nitrogens with zero attached hydrogens (tertiary/aromatic N) is 1. The molecule has 25 heavy (non-hydrogen) atoms. The average Bonchev–Trinajstić information content (AvgIpc) is 3.09. The molecule has 2 heterocycles. The van der Waals surface area contributed by atoms with Crippen molar-refractivity contribution in [2.45, 2.75) is 32.0 Å². The van der Waals surface area contributed by atoms with E-state index in [-0.39, 0.29) is 35.2 Å². The lowest BCUT2D eigenvalue weighted by Crippen LogP contribution is -2.35. The molecule has 1 atom stereocenters. The van der Waals surface area contributed by atoms with Crippen molar-refractivity contribution in [3.8, 4) is 5.75 Å². The summed E-state index contributed by atoms with van der Waals surface area (Å²) in [7, 11) is 0. The first kappa shape index (κ1) is 17.7. The monoisotopic (exact) mass is 368 g/mol. The second-order valence-corrected chi connectivity index (χ2v) is 6.10. The first-order valence-corrected chi connectivity index (χ1v) is 8.41. The van der Waals surface area contributed by atoms with Crippen molar-refractivity contribution in [2.24, 2.45) is 0 Å². The van der Waals surface area contributed by atoms with Crippen LogP contribution < -0.4 is 10.1 Å². The fraction of sp³-hybridized carbons (Fsp3) is 0.412. The van der Waals surface area contributed by atoms with E-state index in [1.54, 1.807) is 0 Å². The molecule has 8 heteroatoms. The van der Waals surface area contributed by atoms with Gasteiger partial charge in [0.1, 0.15) is 17.8 Å². The lowest BCUT2D eigenvalue weighted by Gasteiger charge is -2.22. The second-order valence-electron chi connectivity index (χ2n) is 5.69. The van der Waals surface area contributed by atoms with Crippen molar-refractivity contribution in [2.75, 3.05) is 13.2 Å². The van der Waals surface area contributed by atoms with Gasteiger partial charge in [-0.05, 0) is 37.5 Å². The highest BCUT2D eigenvalue weighted by Gasteiger charge is 2.17. The van der Waals surface area contributed by atoms with Crippen LogP contribution in [-0.2, 0) is 11.3 Å². The van der Waals surface area contributed by atoms with Crippen LogP contribution in [0.4, 0.5) is 4.39 Å².